The molecule has 1 unspecified atom stereocenters. The van der Waals surface area contributed by atoms with Gasteiger partial charge >= 0.3 is 0 Å². The highest BCUT2D eigenvalue weighted by Gasteiger charge is 2.31. The maximum absolute atomic E-state index is 12.7. The van der Waals surface area contributed by atoms with E-state index >= 15 is 0 Å². The van der Waals surface area contributed by atoms with Gasteiger partial charge in [-0.15, -0.1) is 0 Å². The fourth-order valence-corrected chi connectivity index (χ4v) is 3.88. The maximum atomic E-state index is 12.7. The highest BCUT2D eigenvalue weighted by Crippen LogP contribution is 2.29. The van der Waals surface area contributed by atoms with E-state index in [1.165, 1.54) is 12.1 Å². The number of hydrogen-bond donors (Lipinski definition) is 1. The summed E-state index contributed by atoms with van der Waals surface area (Å²) in [4.78, 5) is 26.8. The normalized spacial score (nSPS) is 16.3. The number of thioether (sulfide) groups is 1. The fraction of sp³-hybridized carbons (Fsp3) is 0.333. The Hall–Kier alpha value is -2.61. The molecule has 1 aliphatic heterocycles. The average Bonchev–Trinajstić information content (AvgIpc) is 3.07. The SMILES string of the molecule is CCOc1ccc(N2CC(CNC(=O)c3ccccc3SC(F)F)CC2=O)cc1. The second-order valence-electron chi connectivity index (χ2n) is 6.59. The Bertz CT molecular complexity index is 861. The van der Waals surface area contributed by atoms with E-state index < -0.39 is 11.7 Å². The summed E-state index contributed by atoms with van der Waals surface area (Å²) in [5.41, 5.74) is 0.997. The summed E-state index contributed by atoms with van der Waals surface area (Å²) < 4.78 is 30.8. The minimum Gasteiger partial charge on any atom is -0.494 e. The Morgan fingerprint density at radius 2 is 1.97 bits per heavy atom. The molecule has 0 aromatic heterocycles. The topological polar surface area (TPSA) is 58.6 Å². The predicted molar refractivity (Wildman–Crippen MR) is 109 cm³/mol. The summed E-state index contributed by atoms with van der Waals surface area (Å²) >= 11 is 0.347. The van der Waals surface area contributed by atoms with Crippen molar-refractivity contribution in [1.82, 2.24) is 5.32 Å². The van der Waals surface area contributed by atoms with Crippen molar-refractivity contribution in [3.8, 4) is 5.75 Å². The number of amides is 2. The summed E-state index contributed by atoms with van der Waals surface area (Å²) in [5.74, 6) is -2.33. The van der Waals surface area contributed by atoms with Crippen LogP contribution in [0.25, 0.3) is 0 Å². The highest BCUT2D eigenvalue weighted by atomic mass is 32.2. The third kappa shape index (κ3) is 5.47. The zero-order chi connectivity index (χ0) is 20.8. The van der Waals surface area contributed by atoms with Gasteiger partial charge in [-0.05, 0) is 43.3 Å². The lowest BCUT2D eigenvalue weighted by Gasteiger charge is -2.17. The second kappa shape index (κ2) is 9.73. The number of rotatable bonds is 8. The van der Waals surface area contributed by atoms with Crippen molar-refractivity contribution in [1.29, 1.82) is 0 Å². The molecule has 154 valence electrons. The van der Waals surface area contributed by atoms with Crippen LogP contribution in [-0.2, 0) is 4.79 Å². The van der Waals surface area contributed by atoms with E-state index in [4.69, 9.17) is 4.74 Å². The lowest BCUT2D eigenvalue weighted by Crippen LogP contribution is -2.31. The lowest BCUT2D eigenvalue weighted by molar-refractivity contribution is -0.117. The van der Waals surface area contributed by atoms with Gasteiger partial charge < -0.3 is 15.0 Å². The minimum atomic E-state index is -2.60. The second-order valence-corrected chi connectivity index (χ2v) is 7.62. The Morgan fingerprint density at radius 1 is 1.24 bits per heavy atom. The van der Waals surface area contributed by atoms with Crippen LogP contribution >= 0.6 is 11.8 Å². The summed E-state index contributed by atoms with van der Waals surface area (Å²) in [7, 11) is 0. The summed E-state index contributed by atoms with van der Waals surface area (Å²) in [5, 5.41) is 2.78. The molecule has 0 bridgehead atoms. The average molecular weight is 420 g/mol. The summed E-state index contributed by atoms with van der Waals surface area (Å²) in [6, 6.07) is 13.6. The lowest BCUT2D eigenvalue weighted by atomic mass is 10.1. The van der Waals surface area contributed by atoms with Crippen LogP contribution in [-0.4, -0.2) is 37.3 Å². The number of anilines is 1. The number of nitrogens with zero attached hydrogens (tertiary/aromatic N) is 1. The molecule has 1 saturated heterocycles. The molecule has 1 fully saturated rings. The molecule has 29 heavy (non-hydrogen) atoms. The van der Waals surface area contributed by atoms with Crippen LogP contribution in [0.2, 0.25) is 0 Å². The monoisotopic (exact) mass is 420 g/mol. The first-order valence-electron chi connectivity index (χ1n) is 9.33. The Kier molecular flexibility index (Phi) is 7.09. The minimum absolute atomic E-state index is 0.0120. The van der Waals surface area contributed by atoms with E-state index in [0.717, 1.165) is 11.4 Å². The highest BCUT2D eigenvalue weighted by molar-refractivity contribution is 7.99. The molecule has 1 atom stereocenters. The molecule has 0 aliphatic carbocycles. The number of halogens is 2. The van der Waals surface area contributed by atoms with Crippen molar-refractivity contribution in [3.63, 3.8) is 0 Å². The number of carbonyl (C=O) groups excluding carboxylic acids is 2. The molecule has 3 rings (SSSR count). The first kappa shape index (κ1) is 21.1. The zero-order valence-corrected chi connectivity index (χ0v) is 16.8. The molecule has 0 radical (unpaired) electrons. The number of nitrogens with one attached hydrogen (secondary N) is 1. The molecule has 8 heteroatoms. The third-order valence-corrected chi connectivity index (χ3v) is 5.35. The smallest absolute Gasteiger partial charge is 0.288 e. The van der Waals surface area contributed by atoms with Crippen LogP contribution in [0, 0.1) is 5.92 Å². The predicted octanol–water partition coefficient (Wildman–Crippen LogP) is 4.18. The molecule has 0 saturated carbocycles. The van der Waals surface area contributed by atoms with Crippen LogP contribution in [0.1, 0.15) is 23.7 Å². The number of alkyl halides is 2. The molecule has 1 aliphatic rings. The quantitative estimate of drug-likeness (QED) is 0.651. The van der Waals surface area contributed by atoms with Gasteiger partial charge in [0.25, 0.3) is 11.7 Å². The molecule has 5 nitrogen and oxygen atoms in total. The first-order valence-corrected chi connectivity index (χ1v) is 10.2. The molecule has 1 N–H and O–H groups in total. The molecule has 1 heterocycles. The molecule has 2 aromatic rings. The van der Waals surface area contributed by atoms with E-state index in [1.807, 2.05) is 31.2 Å². The molecular weight excluding hydrogens is 398 g/mol. The van der Waals surface area contributed by atoms with Crippen molar-refractivity contribution in [3.05, 3.63) is 54.1 Å². The molecule has 2 aromatic carbocycles. The van der Waals surface area contributed by atoms with E-state index in [9.17, 15) is 18.4 Å². The number of carbonyl (C=O) groups is 2. The van der Waals surface area contributed by atoms with Crippen LogP contribution in [0.5, 0.6) is 5.75 Å². The standard InChI is InChI=1S/C21H22F2N2O3S/c1-2-28-16-9-7-15(8-10-16)25-13-14(11-19(25)26)12-24-20(27)17-5-3-4-6-18(17)29-21(22)23/h3-10,14,21H,2,11-13H2,1H3,(H,24,27). The van der Waals surface area contributed by atoms with Crippen LogP contribution in [0.4, 0.5) is 14.5 Å². The molecule has 0 spiro atoms. The Balaban J connectivity index is 1.58. The first-order chi connectivity index (χ1) is 14.0. The fourth-order valence-electron chi connectivity index (χ4n) is 3.24. The van der Waals surface area contributed by atoms with Gasteiger partial charge in [-0.1, -0.05) is 23.9 Å². The Morgan fingerprint density at radius 3 is 2.66 bits per heavy atom. The van der Waals surface area contributed by atoms with E-state index in [-0.39, 0.29) is 22.3 Å². The van der Waals surface area contributed by atoms with Gasteiger partial charge in [-0.3, -0.25) is 9.59 Å². The van der Waals surface area contributed by atoms with Crippen molar-refractivity contribution in [2.45, 2.75) is 24.0 Å². The number of ether oxygens (including phenoxy) is 1. The molecular formula is C21H22F2N2O3S. The van der Waals surface area contributed by atoms with Gasteiger partial charge in [0.15, 0.2) is 0 Å². The maximum Gasteiger partial charge on any atom is 0.288 e. The van der Waals surface area contributed by atoms with Crippen molar-refractivity contribution >= 4 is 29.3 Å². The zero-order valence-electron chi connectivity index (χ0n) is 15.9. The third-order valence-electron chi connectivity index (χ3n) is 4.56. The van der Waals surface area contributed by atoms with Crippen LogP contribution in [0.3, 0.4) is 0 Å². The number of hydrogen-bond acceptors (Lipinski definition) is 4. The van der Waals surface area contributed by atoms with Gasteiger partial charge in [-0.25, -0.2) is 0 Å². The van der Waals surface area contributed by atoms with Crippen molar-refractivity contribution in [2.75, 3.05) is 24.6 Å². The van der Waals surface area contributed by atoms with Crippen molar-refractivity contribution < 1.29 is 23.1 Å². The molecule has 2 amide bonds. The van der Waals surface area contributed by atoms with Gasteiger partial charge in [0.2, 0.25) is 5.91 Å². The largest absolute Gasteiger partial charge is 0.494 e. The number of benzene rings is 2. The van der Waals surface area contributed by atoms with Crippen LogP contribution < -0.4 is 15.0 Å². The van der Waals surface area contributed by atoms with E-state index in [0.29, 0.717) is 37.9 Å². The van der Waals surface area contributed by atoms with Gasteiger partial charge in [-0.2, -0.15) is 8.78 Å². The Labute approximate surface area is 172 Å². The van der Waals surface area contributed by atoms with Crippen LogP contribution in [0.15, 0.2) is 53.4 Å². The van der Waals surface area contributed by atoms with Crippen molar-refractivity contribution in [2.24, 2.45) is 5.92 Å². The summed E-state index contributed by atoms with van der Waals surface area (Å²) in [6.45, 7) is 3.26. The summed E-state index contributed by atoms with van der Waals surface area (Å²) in [6.07, 6.45) is 0.320. The van der Waals surface area contributed by atoms with Gasteiger partial charge in [0, 0.05) is 36.0 Å². The van der Waals surface area contributed by atoms with Gasteiger partial charge in [0.1, 0.15) is 5.75 Å². The van der Waals surface area contributed by atoms with E-state index in [2.05, 4.69) is 5.32 Å². The van der Waals surface area contributed by atoms with E-state index in [1.54, 1.807) is 17.0 Å². The van der Waals surface area contributed by atoms with Gasteiger partial charge in [0.05, 0.1) is 12.2 Å².